The Hall–Kier alpha value is -8.46. The van der Waals surface area contributed by atoms with Crippen molar-refractivity contribution in [1.82, 2.24) is 9.13 Å². The second-order valence-corrected chi connectivity index (χ2v) is 18.8. The summed E-state index contributed by atoms with van der Waals surface area (Å²) >= 11 is 0. The van der Waals surface area contributed by atoms with Crippen molar-refractivity contribution in [1.29, 1.82) is 0 Å². The fourth-order valence-electron chi connectivity index (χ4n) is 13.0. The zero-order valence-electron chi connectivity index (χ0n) is 37.2. The largest absolute Gasteiger partial charge is 0.344 e. The van der Waals surface area contributed by atoms with E-state index in [9.17, 15) is 0 Å². The van der Waals surface area contributed by atoms with Crippen LogP contribution in [0.2, 0.25) is 0 Å². The second-order valence-electron chi connectivity index (χ2n) is 18.8. The summed E-state index contributed by atoms with van der Waals surface area (Å²) in [5.41, 5.74) is 22.7. The molecule has 0 N–H and O–H groups in total. The molecule has 2 heteroatoms. The zero-order chi connectivity index (χ0) is 44.1. The van der Waals surface area contributed by atoms with E-state index in [2.05, 4.69) is 242 Å². The average molecular weight is 851 g/mol. The number of aryl methyl sites for hydroxylation is 2. The van der Waals surface area contributed by atoms with E-state index in [4.69, 9.17) is 0 Å². The molecule has 0 aliphatic heterocycles. The number of aromatic nitrogens is 2. The molecule has 0 saturated carbocycles. The molecule has 0 unspecified atom stereocenters. The van der Waals surface area contributed by atoms with Gasteiger partial charge in [0.15, 0.2) is 0 Å². The summed E-state index contributed by atoms with van der Waals surface area (Å²) < 4.78 is 4.70. The topological polar surface area (TPSA) is 9.86 Å². The van der Waals surface area contributed by atoms with Crippen molar-refractivity contribution in [2.45, 2.75) is 5.41 Å². The molecule has 13 aromatic rings. The van der Waals surface area contributed by atoms with Gasteiger partial charge >= 0.3 is 0 Å². The van der Waals surface area contributed by atoms with Crippen LogP contribution in [0.25, 0.3) is 121 Å². The van der Waals surface area contributed by atoms with Gasteiger partial charge in [-0.25, -0.2) is 0 Å². The Balaban J connectivity index is 1.06. The summed E-state index contributed by atoms with van der Waals surface area (Å²) in [5, 5.41) is 10.1. The Labute approximate surface area is 388 Å². The maximum absolute atomic E-state index is 2.50. The molecule has 11 aromatic carbocycles. The molecule has 0 radical (unpaired) electrons. The minimum Gasteiger partial charge on any atom is -0.344 e. The number of para-hydroxylation sites is 2. The van der Waals surface area contributed by atoms with Crippen LogP contribution in [0.15, 0.2) is 218 Å². The van der Waals surface area contributed by atoms with Crippen LogP contribution in [0.3, 0.4) is 0 Å². The Morgan fingerprint density at radius 3 is 1.19 bits per heavy atom. The number of hydrogen-bond donors (Lipinski definition) is 0. The van der Waals surface area contributed by atoms with Crippen LogP contribution in [0, 0.1) is 0 Å². The van der Waals surface area contributed by atoms with Crippen molar-refractivity contribution in [2.24, 2.45) is 14.1 Å². The molecule has 312 valence electrons. The van der Waals surface area contributed by atoms with E-state index in [1.807, 2.05) is 0 Å². The summed E-state index contributed by atoms with van der Waals surface area (Å²) in [6, 6.07) is 82.7. The van der Waals surface area contributed by atoms with Crippen molar-refractivity contribution in [3.63, 3.8) is 0 Å². The zero-order valence-corrected chi connectivity index (χ0v) is 37.2. The Morgan fingerprint density at radius 1 is 0.254 bits per heavy atom. The van der Waals surface area contributed by atoms with Crippen molar-refractivity contribution in [3.05, 3.63) is 241 Å². The quantitative estimate of drug-likeness (QED) is 0.157. The number of nitrogens with zero attached hydrogens (tertiary/aromatic N) is 2. The van der Waals surface area contributed by atoms with Gasteiger partial charge in [-0.15, -0.1) is 0 Å². The number of rotatable bonds is 3. The first kappa shape index (κ1) is 36.8. The Bertz CT molecular complexity index is 4080. The molecule has 0 saturated heterocycles. The smallest absolute Gasteiger partial charge is 0.0725 e. The van der Waals surface area contributed by atoms with Gasteiger partial charge in [0.05, 0.1) is 5.41 Å². The Kier molecular flexibility index (Phi) is 7.32. The molecule has 1 spiro atoms. The van der Waals surface area contributed by atoms with Crippen LogP contribution in [-0.4, -0.2) is 9.13 Å². The summed E-state index contributed by atoms with van der Waals surface area (Å²) in [7, 11) is 4.40. The number of hydrogen-bond acceptors (Lipinski definition) is 0. The van der Waals surface area contributed by atoms with Crippen LogP contribution in [0.4, 0.5) is 0 Å². The molecule has 2 nitrogen and oxygen atoms in total. The normalized spacial score (nSPS) is 13.3. The summed E-state index contributed by atoms with van der Waals surface area (Å²) in [6.45, 7) is 0. The van der Waals surface area contributed by atoms with Gasteiger partial charge in [0, 0.05) is 57.7 Å². The highest BCUT2D eigenvalue weighted by Gasteiger charge is 2.52. The lowest BCUT2D eigenvalue weighted by Gasteiger charge is -2.30. The highest BCUT2D eigenvalue weighted by Crippen LogP contribution is 2.64. The third kappa shape index (κ3) is 4.69. The molecule has 0 atom stereocenters. The molecule has 67 heavy (non-hydrogen) atoms. The van der Waals surface area contributed by atoms with E-state index < -0.39 is 5.41 Å². The second kappa shape index (κ2) is 13.3. The van der Waals surface area contributed by atoms with Crippen molar-refractivity contribution in [3.8, 4) is 55.6 Å². The molecular weight excluding hydrogens is 809 g/mol. The monoisotopic (exact) mass is 850 g/mol. The lowest BCUT2D eigenvalue weighted by molar-refractivity contribution is 0.794. The summed E-state index contributed by atoms with van der Waals surface area (Å²) in [6.07, 6.45) is 0. The van der Waals surface area contributed by atoms with Gasteiger partial charge in [0.25, 0.3) is 0 Å². The molecule has 2 heterocycles. The van der Waals surface area contributed by atoms with Crippen molar-refractivity contribution in [2.75, 3.05) is 0 Å². The third-order valence-electron chi connectivity index (χ3n) is 15.8. The van der Waals surface area contributed by atoms with Crippen LogP contribution in [-0.2, 0) is 19.5 Å². The first-order chi connectivity index (χ1) is 33.1. The minimum atomic E-state index is -0.437. The standard InChI is InChI=1S/C65H42N2/c1-66-59-30-11-6-18-45(59)47-34-32-39(36-61(47)66)41-21-13-23-49-53(41)38-54-42(40-33-35-48-46-19-7-12-31-60(46)67(2)62(48)37-40)22-14-24-50(54)63(49)52-25-15-29-58-64(52)51-20-5-10-28-57(51)65(58)55-26-8-3-16-43(55)44-17-4-9-27-56(44)65/h3-38H,1-2H3. The fourth-order valence-corrected chi connectivity index (χ4v) is 13.0. The fraction of sp³-hybridized carbons (Fsp3) is 0.0462. The number of fused-ring (bicyclic) bond motifs is 18. The SMILES string of the molecule is Cn1c2ccccc2c2ccc(-c3cccc4c(-c5cccc6c5-c5ccccc5C65c6ccccc6-c6ccccc65)c5cccc(-c6ccc7c8ccccc8n(C)c7c6)c5cc34)cc21. The average Bonchev–Trinajstić information content (AvgIpc) is 4.06. The summed E-state index contributed by atoms with van der Waals surface area (Å²) in [4.78, 5) is 0. The predicted octanol–water partition coefficient (Wildman–Crippen LogP) is 16.6. The van der Waals surface area contributed by atoms with Gasteiger partial charge in [-0.2, -0.15) is 0 Å². The van der Waals surface area contributed by atoms with Gasteiger partial charge in [-0.3, -0.25) is 0 Å². The van der Waals surface area contributed by atoms with E-state index in [1.165, 1.54) is 143 Å². The lowest BCUT2D eigenvalue weighted by atomic mass is 9.70. The summed E-state index contributed by atoms with van der Waals surface area (Å²) in [5.74, 6) is 0. The van der Waals surface area contributed by atoms with E-state index in [0.29, 0.717) is 0 Å². The van der Waals surface area contributed by atoms with Gasteiger partial charge in [0.1, 0.15) is 0 Å². The molecule has 2 aliphatic rings. The van der Waals surface area contributed by atoms with Gasteiger partial charge in [-0.05, 0) is 130 Å². The van der Waals surface area contributed by atoms with Gasteiger partial charge < -0.3 is 9.13 Å². The van der Waals surface area contributed by atoms with Crippen LogP contribution >= 0.6 is 0 Å². The molecule has 15 rings (SSSR count). The molecular formula is C65H42N2. The molecule has 0 amide bonds. The van der Waals surface area contributed by atoms with E-state index >= 15 is 0 Å². The van der Waals surface area contributed by atoms with Crippen LogP contribution in [0.1, 0.15) is 22.3 Å². The van der Waals surface area contributed by atoms with E-state index in [1.54, 1.807) is 0 Å². The number of benzene rings is 11. The molecule has 2 aliphatic carbocycles. The van der Waals surface area contributed by atoms with E-state index in [0.717, 1.165) is 0 Å². The van der Waals surface area contributed by atoms with Gasteiger partial charge in [0.2, 0.25) is 0 Å². The predicted molar refractivity (Wildman–Crippen MR) is 282 cm³/mol. The van der Waals surface area contributed by atoms with Crippen molar-refractivity contribution >= 4 is 65.2 Å². The molecule has 0 bridgehead atoms. The molecule has 2 aromatic heterocycles. The Morgan fingerprint density at radius 2 is 0.642 bits per heavy atom. The maximum atomic E-state index is 2.50. The third-order valence-corrected chi connectivity index (χ3v) is 15.8. The van der Waals surface area contributed by atoms with E-state index in [-0.39, 0.29) is 0 Å². The first-order valence-corrected chi connectivity index (χ1v) is 23.5. The lowest BCUT2D eigenvalue weighted by Crippen LogP contribution is -2.25. The van der Waals surface area contributed by atoms with Crippen LogP contribution < -0.4 is 0 Å². The highest BCUT2D eigenvalue weighted by molar-refractivity contribution is 6.22. The van der Waals surface area contributed by atoms with Gasteiger partial charge in [-0.1, -0.05) is 188 Å². The first-order valence-electron chi connectivity index (χ1n) is 23.5. The van der Waals surface area contributed by atoms with Crippen LogP contribution in [0.5, 0.6) is 0 Å². The highest BCUT2D eigenvalue weighted by atomic mass is 14.9. The molecule has 0 fully saturated rings. The van der Waals surface area contributed by atoms with Crippen molar-refractivity contribution < 1.29 is 0 Å². The maximum Gasteiger partial charge on any atom is 0.0725 e. The minimum absolute atomic E-state index is 0.437.